The summed E-state index contributed by atoms with van der Waals surface area (Å²) in [6, 6.07) is 7.23. The third-order valence-corrected chi connectivity index (χ3v) is 2.50. The molecule has 0 aliphatic carbocycles. The lowest BCUT2D eigenvalue weighted by Crippen LogP contribution is -2.36. The molecule has 2 amide bonds. The molecule has 0 fully saturated rings. The predicted octanol–water partition coefficient (Wildman–Crippen LogP) is 1.50. The second-order valence-corrected chi connectivity index (χ2v) is 4.89. The minimum absolute atomic E-state index is 0.130. The number of hydrogen-bond donors (Lipinski definition) is 3. The fourth-order valence-corrected chi connectivity index (χ4v) is 1.77. The van der Waals surface area contributed by atoms with Gasteiger partial charge in [-0.3, -0.25) is 9.59 Å². The van der Waals surface area contributed by atoms with Gasteiger partial charge in [0, 0.05) is 24.2 Å². The van der Waals surface area contributed by atoms with Crippen LogP contribution in [0.1, 0.15) is 37.6 Å². The molecule has 0 aromatic heterocycles. The van der Waals surface area contributed by atoms with Crippen molar-refractivity contribution in [1.29, 1.82) is 0 Å². The highest BCUT2D eigenvalue weighted by atomic mass is 16.2. The normalized spacial score (nSPS) is 12.0. The minimum Gasteiger partial charge on any atom is -0.382 e. The average Bonchev–Trinajstić information content (AvgIpc) is 2.27. The molecule has 19 heavy (non-hydrogen) atoms. The van der Waals surface area contributed by atoms with E-state index in [1.54, 1.807) is 19.1 Å². The van der Waals surface area contributed by atoms with Crippen molar-refractivity contribution in [2.75, 3.05) is 5.32 Å². The van der Waals surface area contributed by atoms with Crippen molar-refractivity contribution >= 4 is 17.5 Å². The van der Waals surface area contributed by atoms with Crippen LogP contribution in [0.15, 0.2) is 24.3 Å². The molecule has 0 radical (unpaired) electrons. The SMILES string of the molecule is CC(C)Nc1ccccc1C(=O)NC(C)CC(N)=O. The molecule has 1 aromatic carbocycles. The first-order chi connectivity index (χ1) is 8.90. The van der Waals surface area contributed by atoms with Gasteiger partial charge < -0.3 is 16.4 Å². The molecule has 0 saturated heterocycles. The standard InChI is InChI=1S/C14H21N3O2/c1-9(2)16-12-7-5-4-6-11(12)14(19)17-10(3)8-13(15)18/h4-7,9-10,16H,8H2,1-3H3,(H2,15,18)(H,17,19). The first kappa shape index (κ1) is 15.0. The lowest BCUT2D eigenvalue weighted by atomic mass is 10.1. The van der Waals surface area contributed by atoms with Crippen LogP contribution in [0.25, 0.3) is 0 Å². The highest BCUT2D eigenvalue weighted by Crippen LogP contribution is 2.16. The number of nitrogens with one attached hydrogen (secondary N) is 2. The second-order valence-electron chi connectivity index (χ2n) is 4.89. The lowest BCUT2D eigenvalue weighted by molar-refractivity contribution is -0.118. The van der Waals surface area contributed by atoms with Gasteiger partial charge in [-0.25, -0.2) is 0 Å². The van der Waals surface area contributed by atoms with Crippen molar-refractivity contribution in [3.63, 3.8) is 0 Å². The number of anilines is 1. The Kier molecular flexibility index (Phi) is 5.36. The second kappa shape index (κ2) is 6.78. The summed E-state index contributed by atoms with van der Waals surface area (Å²) >= 11 is 0. The summed E-state index contributed by atoms with van der Waals surface area (Å²) < 4.78 is 0. The van der Waals surface area contributed by atoms with E-state index in [-0.39, 0.29) is 24.4 Å². The molecule has 5 nitrogen and oxygen atoms in total. The smallest absolute Gasteiger partial charge is 0.253 e. The van der Waals surface area contributed by atoms with Gasteiger partial charge in [0.15, 0.2) is 0 Å². The Morgan fingerprint density at radius 2 is 1.84 bits per heavy atom. The Labute approximate surface area is 113 Å². The molecular weight excluding hydrogens is 242 g/mol. The molecule has 0 aliphatic rings. The van der Waals surface area contributed by atoms with Crippen LogP contribution in [-0.2, 0) is 4.79 Å². The Bertz CT molecular complexity index is 458. The molecule has 1 atom stereocenters. The topological polar surface area (TPSA) is 84.2 Å². The van der Waals surface area contributed by atoms with E-state index >= 15 is 0 Å². The summed E-state index contributed by atoms with van der Waals surface area (Å²) in [5, 5.41) is 5.98. The molecule has 4 N–H and O–H groups in total. The van der Waals surface area contributed by atoms with Gasteiger partial charge in [0.1, 0.15) is 0 Å². The summed E-state index contributed by atoms with van der Waals surface area (Å²) in [6.07, 6.45) is 0.130. The zero-order valence-corrected chi connectivity index (χ0v) is 11.6. The maximum absolute atomic E-state index is 12.1. The van der Waals surface area contributed by atoms with Gasteiger partial charge >= 0.3 is 0 Å². The zero-order valence-electron chi connectivity index (χ0n) is 11.6. The lowest BCUT2D eigenvalue weighted by Gasteiger charge is -2.16. The van der Waals surface area contributed by atoms with Gasteiger partial charge in [-0.1, -0.05) is 12.1 Å². The number of nitrogens with two attached hydrogens (primary N) is 1. The number of rotatable bonds is 6. The van der Waals surface area contributed by atoms with Crippen molar-refractivity contribution in [2.45, 2.75) is 39.3 Å². The van der Waals surface area contributed by atoms with E-state index in [4.69, 9.17) is 5.73 Å². The summed E-state index contributed by atoms with van der Waals surface area (Å²) in [5.74, 6) is -0.640. The van der Waals surface area contributed by atoms with E-state index in [2.05, 4.69) is 10.6 Å². The number of primary amides is 1. The van der Waals surface area contributed by atoms with E-state index < -0.39 is 5.91 Å². The number of hydrogen-bond acceptors (Lipinski definition) is 3. The van der Waals surface area contributed by atoms with Crippen molar-refractivity contribution < 1.29 is 9.59 Å². The molecule has 1 unspecified atom stereocenters. The van der Waals surface area contributed by atoms with Crippen LogP contribution in [0.2, 0.25) is 0 Å². The average molecular weight is 263 g/mol. The highest BCUT2D eigenvalue weighted by Gasteiger charge is 2.14. The molecule has 5 heteroatoms. The van der Waals surface area contributed by atoms with Crippen LogP contribution in [0.5, 0.6) is 0 Å². The van der Waals surface area contributed by atoms with Gasteiger partial charge in [0.25, 0.3) is 5.91 Å². The van der Waals surface area contributed by atoms with E-state index in [0.29, 0.717) is 5.56 Å². The number of carbonyl (C=O) groups excluding carboxylic acids is 2. The first-order valence-corrected chi connectivity index (χ1v) is 6.35. The van der Waals surface area contributed by atoms with Crippen LogP contribution in [0.3, 0.4) is 0 Å². The maximum Gasteiger partial charge on any atom is 0.253 e. The molecule has 0 aliphatic heterocycles. The quantitative estimate of drug-likeness (QED) is 0.727. The van der Waals surface area contributed by atoms with Gasteiger partial charge in [-0.05, 0) is 32.9 Å². The van der Waals surface area contributed by atoms with Gasteiger partial charge in [0.05, 0.1) is 5.56 Å². The molecular formula is C14H21N3O2. The molecule has 1 aromatic rings. The first-order valence-electron chi connectivity index (χ1n) is 6.35. The van der Waals surface area contributed by atoms with E-state index in [0.717, 1.165) is 5.69 Å². The van der Waals surface area contributed by atoms with E-state index in [1.165, 1.54) is 0 Å². The maximum atomic E-state index is 12.1. The Morgan fingerprint density at radius 1 is 1.21 bits per heavy atom. The molecule has 0 saturated carbocycles. The van der Waals surface area contributed by atoms with Crippen LogP contribution in [0.4, 0.5) is 5.69 Å². The number of carbonyl (C=O) groups is 2. The highest BCUT2D eigenvalue weighted by molar-refractivity contribution is 6.00. The predicted molar refractivity (Wildman–Crippen MR) is 75.9 cm³/mol. The third kappa shape index (κ3) is 4.99. The molecule has 104 valence electrons. The minimum atomic E-state index is -0.429. The van der Waals surface area contributed by atoms with Crippen LogP contribution >= 0.6 is 0 Å². The largest absolute Gasteiger partial charge is 0.382 e. The van der Waals surface area contributed by atoms with E-state index in [1.807, 2.05) is 26.0 Å². The number of amides is 2. The molecule has 0 bridgehead atoms. The van der Waals surface area contributed by atoms with Gasteiger partial charge in [0.2, 0.25) is 5.91 Å². The third-order valence-electron chi connectivity index (χ3n) is 2.50. The Hall–Kier alpha value is -2.04. The summed E-state index contributed by atoms with van der Waals surface area (Å²) in [6.45, 7) is 5.76. The fraction of sp³-hybridized carbons (Fsp3) is 0.429. The molecule has 0 heterocycles. The van der Waals surface area contributed by atoms with Crippen molar-refractivity contribution in [1.82, 2.24) is 5.32 Å². The number of benzene rings is 1. The molecule has 0 spiro atoms. The van der Waals surface area contributed by atoms with Crippen LogP contribution in [-0.4, -0.2) is 23.9 Å². The monoisotopic (exact) mass is 263 g/mol. The van der Waals surface area contributed by atoms with Crippen LogP contribution in [0, 0.1) is 0 Å². The number of para-hydroxylation sites is 1. The van der Waals surface area contributed by atoms with Crippen molar-refractivity contribution in [3.8, 4) is 0 Å². The summed E-state index contributed by atoms with van der Waals surface area (Å²) in [7, 11) is 0. The van der Waals surface area contributed by atoms with Gasteiger partial charge in [-0.15, -0.1) is 0 Å². The fourth-order valence-electron chi connectivity index (χ4n) is 1.77. The van der Waals surface area contributed by atoms with E-state index in [9.17, 15) is 9.59 Å². The van der Waals surface area contributed by atoms with Gasteiger partial charge in [-0.2, -0.15) is 0 Å². The summed E-state index contributed by atoms with van der Waals surface area (Å²) in [4.78, 5) is 22.9. The summed E-state index contributed by atoms with van der Waals surface area (Å²) in [5.41, 5.74) is 6.44. The van der Waals surface area contributed by atoms with Crippen LogP contribution < -0.4 is 16.4 Å². The van der Waals surface area contributed by atoms with Crippen molar-refractivity contribution in [2.24, 2.45) is 5.73 Å². The van der Waals surface area contributed by atoms with Crippen molar-refractivity contribution in [3.05, 3.63) is 29.8 Å². The molecule has 1 rings (SSSR count). The Balaban J connectivity index is 2.78. The zero-order chi connectivity index (χ0) is 14.4. The Morgan fingerprint density at radius 3 is 2.42 bits per heavy atom.